The maximum absolute atomic E-state index is 12.1. The van der Waals surface area contributed by atoms with Gasteiger partial charge in [-0.1, -0.05) is 0 Å². The molecular formula is C14H20N8O. The van der Waals surface area contributed by atoms with Crippen molar-refractivity contribution in [2.45, 2.75) is 13.5 Å². The summed E-state index contributed by atoms with van der Waals surface area (Å²) in [6, 6.07) is 0. The molecule has 0 aliphatic rings. The highest BCUT2D eigenvalue weighted by Crippen LogP contribution is 2.10. The molecule has 2 aromatic rings. The number of carbonyl (C=O) groups is 1. The molecule has 1 N–H and O–H groups in total. The molecule has 23 heavy (non-hydrogen) atoms. The first-order valence-corrected chi connectivity index (χ1v) is 7.03. The molecule has 9 heteroatoms. The summed E-state index contributed by atoms with van der Waals surface area (Å²) in [7, 11) is 7.39. The Morgan fingerprint density at radius 2 is 1.61 bits per heavy atom. The fourth-order valence-corrected chi connectivity index (χ4v) is 1.63. The lowest BCUT2D eigenvalue weighted by molar-refractivity contribution is 0.0944. The Labute approximate surface area is 134 Å². The third kappa shape index (κ3) is 4.31. The highest BCUT2D eigenvalue weighted by molar-refractivity contribution is 5.91. The number of carbonyl (C=O) groups excluding carboxylic acids is 1. The van der Waals surface area contributed by atoms with Crippen LogP contribution in [0.25, 0.3) is 0 Å². The standard InChI is InChI=1S/C14H20N8O/c1-9-6-16-10(7-15-9)12(23)17-8-11-18-13(21(2)3)20-14(19-11)22(4)5/h6-7H,8H2,1-5H3,(H,17,23). The number of hydrogen-bond acceptors (Lipinski definition) is 8. The molecule has 0 atom stereocenters. The fourth-order valence-electron chi connectivity index (χ4n) is 1.63. The molecule has 2 rings (SSSR count). The molecule has 0 aromatic carbocycles. The summed E-state index contributed by atoms with van der Waals surface area (Å²) in [4.78, 5) is 36.7. The topological polar surface area (TPSA) is 100 Å². The van der Waals surface area contributed by atoms with Crippen LogP contribution in [0.4, 0.5) is 11.9 Å². The van der Waals surface area contributed by atoms with Gasteiger partial charge in [0, 0.05) is 34.4 Å². The number of aryl methyl sites for hydroxylation is 1. The maximum Gasteiger partial charge on any atom is 0.271 e. The van der Waals surface area contributed by atoms with Crippen molar-refractivity contribution in [2.24, 2.45) is 0 Å². The second kappa shape index (κ2) is 6.95. The van der Waals surface area contributed by atoms with E-state index in [0.29, 0.717) is 17.7 Å². The SMILES string of the molecule is Cc1cnc(C(=O)NCc2nc(N(C)C)nc(N(C)C)n2)cn1. The van der Waals surface area contributed by atoms with Crippen molar-refractivity contribution in [1.82, 2.24) is 30.2 Å². The van der Waals surface area contributed by atoms with E-state index in [1.807, 2.05) is 35.1 Å². The number of hydrogen-bond donors (Lipinski definition) is 1. The van der Waals surface area contributed by atoms with Crippen LogP contribution in [0.1, 0.15) is 22.0 Å². The van der Waals surface area contributed by atoms with Gasteiger partial charge in [-0.15, -0.1) is 0 Å². The molecule has 0 saturated carbocycles. The maximum atomic E-state index is 12.1. The lowest BCUT2D eigenvalue weighted by Gasteiger charge is -2.16. The van der Waals surface area contributed by atoms with Gasteiger partial charge in [0.1, 0.15) is 5.69 Å². The first-order valence-electron chi connectivity index (χ1n) is 7.03. The van der Waals surface area contributed by atoms with Gasteiger partial charge >= 0.3 is 0 Å². The third-order valence-electron chi connectivity index (χ3n) is 2.88. The monoisotopic (exact) mass is 316 g/mol. The van der Waals surface area contributed by atoms with Crippen LogP contribution in [0.15, 0.2) is 12.4 Å². The third-order valence-corrected chi connectivity index (χ3v) is 2.88. The van der Waals surface area contributed by atoms with Crippen molar-refractivity contribution < 1.29 is 4.79 Å². The van der Waals surface area contributed by atoms with Gasteiger partial charge in [-0.25, -0.2) is 4.98 Å². The van der Waals surface area contributed by atoms with Crippen LogP contribution in [-0.4, -0.2) is 59.0 Å². The molecule has 2 aromatic heterocycles. The summed E-state index contributed by atoms with van der Waals surface area (Å²) in [5, 5.41) is 2.74. The minimum Gasteiger partial charge on any atom is -0.347 e. The Balaban J connectivity index is 2.13. The second-order valence-electron chi connectivity index (χ2n) is 5.37. The van der Waals surface area contributed by atoms with Gasteiger partial charge in [-0.05, 0) is 6.92 Å². The number of aromatic nitrogens is 5. The van der Waals surface area contributed by atoms with Gasteiger partial charge in [0.15, 0.2) is 5.82 Å². The summed E-state index contributed by atoms with van der Waals surface area (Å²) >= 11 is 0. The van der Waals surface area contributed by atoms with E-state index in [-0.39, 0.29) is 18.1 Å². The molecule has 0 bridgehead atoms. The molecular weight excluding hydrogens is 296 g/mol. The van der Waals surface area contributed by atoms with Crippen LogP contribution in [0.3, 0.4) is 0 Å². The first kappa shape index (κ1) is 16.5. The van der Waals surface area contributed by atoms with Crippen molar-refractivity contribution in [3.63, 3.8) is 0 Å². The summed E-state index contributed by atoms with van der Waals surface area (Å²) in [6.45, 7) is 1.99. The van der Waals surface area contributed by atoms with E-state index in [4.69, 9.17) is 0 Å². The summed E-state index contributed by atoms with van der Waals surface area (Å²) in [5.74, 6) is 1.21. The number of nitrogens with zero attached hydrogens (tertiary/aromatic N) is 7. The van der Waals surface area contributed by atoms with Crippen molar-refractivity contribution in [2.75, 3.05) is 38.0 Å². The Morgan fingerprint density at radius 3 is 2.09 bits per heavy atom. The van der Waals surface area contributed by atoms with E-state index in [1.54, 1.807) is 16.0 Å². The minimum atomic E-state index is -0.323. The van der Waals surface area contributed by atoms with E-state index >= 15 is 0 Å². The van der Waals surface area contributed by atoms with Crippen molar-refractivity contribution in [1.29, 1.82) is 0 Å². The predicted molar refractivity (Wildman–Crippen MR) is 86.4 cm³/mol. The molecule has 9 nitrogen and oxygen atoms in total. The van der Waals surface area contributed by atoms with Gasteiger partial charge < -0.3 is 15.1 Å². The molecule has 0 fully saturated rings. The van der Waals surface area contributed by atoms with Crippen LogP contribution in [0.2, 0.25) is 0 Å². The van der Waals surface area contributed by atoms with Crippen LogP contribution >= 0.6 is 0 Å². The number of anilines is 2. The van der Waals surface area contributed by atoms with Gasteiger partial charge in [-0.3, -0.25) is 9.78 Å². The predicted octanol–water partition coefficient (Wildman–Crippen LogP) is 0.0320. The molecule has 0 aliphatic heterocycles. The average Bonchev–Trinajstić information content (AvgIpc) is 2.52. The molecule has 0 unspecified atom stereocenters. The molecule has 0 radical (unpaired) electrons. The van der Waals surface area contributed by atoms with Crippen molar-refractivity contribution in [3.8, 4) is 0 Å². The zero-order chi connectivity index (χ0) is 17.0. The molecule has 0 spiro atoms. The quantitative estimate of drug-likeness (QED) is 0.825. The Morgan fingerprint density at radius 1 is 1.00 bits per heavy atom. The highest BCUT2D eigenvalue weighted by atomic mass is 16.1. The van der Waals surface area contributed by atoms with Crippen LogP contribution in [0.5, 0.6) is 0 Å². The van der Waals surface area contributed by atoms with E-state index < -0.39 is 0 Å². The summed E-state index contributed by atoms with van der Waals surface area (Å²) < 4.78 is 0. The number of amides is 1. The molecule has 0 aliphatic carbocycles. The summed E-state index contributed by atoms with van der Waals surface area (Å²) in [6.07, 6.45) is 2.99. The largest absolute Gasteiger partial charge is 0.347 e. The van der Waals surface area contributed by atoms with Gasteiger partial charge in [0.2, 0.25) is 11.9 Å². The minimum absolute atomic E-state index is 0.179. The highest BCUT2D eigenvalue weighted by Gasteiger charge is 2.12. The van der Waals surface area contributed by atoms with Crippen LogP contribution in [-0.2, 0) is 6.54 Å². The summed E-state index contributed by atoms with van der Waals surface area (Å²) in [5.41, 5.74) is 1.01. The van der Waals surface area contributed by atoms with E-state index in [2.05, 4.69) is 30.2 Å². The van der Waals surface area contributed by atoms with E-state index in [1.165, 1.54) is 6.20 Å². The zero-order valence-electron chi connectivity index (χ0n) is 13.9. The van der Waals surface area contributed by atoms with Gasteiger partial charge in [0.05, 0.1) is 18.4 Å². The lowest BCUT2D eigenvalue weighted by Crippen LogP contribution is -2.27. The molecule has 0 saturated heterocycles. The normalized spacial score (nSPS) is 10.3. The average molecular weight is 316 g/mol. The second-order valence-corrected chi connectivity index (χ2v) is 5.37. The molecule has 122 valence electrons. The van der Waals surface area contributed by atoms with Gasteiger partial charge in [-0.2, -0.15) is 15.0 Å². The van der Waals surface area contributed by atoms with Gasteiger partial charge in [0.25, 0.3) is 5.91 Å². The number of rotatable bonds is 5. The molecule has 1 amide bonds. The first-order chi connectivity index (χ1) is 10.9. The zero-order valence-corrected chi connectivity index (χ0v) is 13.9. The van der Waals surface area contributed by atoms with Crippen LogP contribution < -0.4 is 15.1 Å². The Hall–Kier alpha value is -2.84. The Kier molecular flexibility index (Phi) is 4.99. The number of nitrogens with one attached hydrogen (secondary N) is 1. The lowest BCUT2D eigenvalue weighted by atomic mass is 10.4. The molecule has 2 heterocycles. The Bertz CT molecular complexity index is 657. The smallest absolute Gasteiger partial charge is 0.271 e. The van der Waals surface area contributed by atoms with Crippen molar-refractivity contribution >= 4 is 17.8 Å². The van der Waals surface area contributed by atoms with Crippen LogP contribution in [0, 0.1) is 6.92 Å². The van der Waals surface area contributed by atoms with E-state index in [0.717, 1.165) is 5.69 Å². The van der Waals surface area contributed by atoms with E-state index in [9.17, 15) is 4.79 Å². The van der Waals surface area contributed by atoms with Crippen molar-refractivity contribution in [3.05, 3.63) is 29.6 Å². The fraction of sp³-hybridized carbons (Fsp3) is 0.429.